The zero-order valence-corrected chi connectivity index (χ0v) is 18.5. The molecule has 0 heterocycles. The minimum atomic E-state index is -1.13. The van der Waals surface area contributed by atoms with Crippen LogP contribution in [0.5, 0.6) is 5.75 Å². The van der Waals surface area contributed by atoms with Crippen LogP contribution >= 0.6 is 31.9 Å². The quantitative estimate of drug-likeness (QED) is 0.461. The number of halogens is 3. The monoisotopic (exact) mass is 528 g/mol. The molecule has 1 aliphatic rings. The highest BCUT2D eigenvalue weighted by Crippen LogP contribution is 2.36. The number of anilines is 1. The number of amides is 1. The second kappa shape index (κ2) is 9.58. The van der Waals surface area contributed by atoms with E-state index in [1.807, 2.05) is 0 Å². The van der Waals surface area contributed by atoms with Gasteiger partial charge < -0.3 is 20.5 Å². The summed E-state index contributed by atoms with van der Waals surface area (Å²) in [4.78, 5) is 22.6. The summed E-state index contributed by atoms with van der Waals surface area (Å²) < 4.78 is 21.5. The van der Waals surface area contributed by atoms with Crippen LogP contribution in [0, 0.1) is 5.82 Å². The van der Waals surface area contributed by atoms with Crippen LogP contribution in [-0.2, 0) is 11.4 Å². The number of carboxylic acids is 1. The summed E-state index contributed by atoms with van der Waals surface area (Å²) in [6.07, 6.45) is 3.26. The number of carboxylic acid groups (broad SMARTS) is 1. The first-order chi connectivity index (χ1) is 13.8. The van der Waals surface area contributed by atoms with E-state index in [0.717, 1.165) is 19.3 Å². The zero-order chi connectivity index (χ0) is 21.0. The molecule has 0 atom stereocenters. The number of nitrogens with one attached hydrogen (secondary N) is 2. The summed E-state index contributed by atoms with van der Waals surface area (Å²) in [6, 6.07) is 8.51. The maximum atomic E-state index is 14.8. The van der Waals surface area contributed by atoms with Gasteiger partial charge in [-0.2, -0.15) is 0 Å². The van der Waals surface area contributed by atoms with E-state index in [1.165, 1.54) is 12.1 Å². The van der Waals surface area contributed by atoms with Crippen molar-refractivity contribution in [2.24, 2.45) is 0 Å². The van der Waals surface area contributed by atoms with Crippen LogP contribution in [-0.4, -0.2) is 29.6 Å². The lowest BCUT2D eigenvalue weighted by Gasteiger charge is -2.28. The maximum absolute atomic E-state index is 14.8. The molecule has 0 spiro atoms. The van der Waals surface area contributed by atoms with Gasteiger partial charge in [-0.3, -0.25) is 9.59 Å². The number of carbonyl (C=O) groups excluding carboxylic acids is 1. The molecule has 0 aromatic heterocycles. The lowest BCUT2D eigenvalue weighted by Crippen LogP contribution is -2.29. The third-order valence-corrected chi connectivity index (χ3v) is 5.75. The van der Waals surface area contributed by atoms with Crippen LogP contribution in [0.3, 0.4) is 0 Å². The van der Waals surface area contributed by atoms with Crippen molar-refractivity contribution in [1.82, 2.24) is 5.32 Å². The Morgan fingerprint density at radius 1 is 1.21 bits per heavy atom. The zero-order valence-electron chi connectivity index (χ0n) is 15.3. The molecule has 29 heavy (non-hydrogen) atoms. The Kier molecular flexibility index (Phi) is 7.13. The second-order valence-corrected chi connectivity index (χ2v) is 8.39. The standard InChI is InChI=1S/C20H19Br2FN2O4/c21-14-7-12(20(28)24-9-17(26)27)8-15(22)19(14)29-10-11-3-1-6-16(18(11)23)25-13-4-2-5-13/h1,3,6-8,13,25H,2,4-5,9-10H2,(H,24,28)(H,26,27). The van der Waals surface area contributed by atoms with E-state index in [9.17, 15) is 14.0 Å². The molecule has 6 nitrogen and oxygen atoms in total. The summed E-state index contributed by atoms with van der Waals surface area (Å²) in [5.74, 6) is -1.58. The van der Waals surface area contributed by atoms with Crippen LogP contribution in [0.4, 0.5) is 10.1 Å². The molecule has 2 aromatic carbocycles. The molecule has 0 saturated heterocycles. The van der Waals surface area contributed by atoms with Gasteiger partial charge >= 0.3 is 5.97 Å². The molecule has 0 bridgehead atoms. The highest BCUT2D eigenvalue weighted by Gasteiger charge is 2.20. The first-order valence-electron chi connectivity index (χ1n) is 9.01. The number of rotatable bonds is 8. The molecular formula is C20H19Br2FN2O4. The van der Waals surface area contributed by atoms with Crippen molar-refractivity contribution in [2.75, 3.05) is 11.9 Å². The molecule has 0 aliphatic heterocycles. The Balaban J connectivity index is 1.70. The van der Waals surface area contributed by atoms with E-state index in [0.29, 0.717) is 32.0 Å². The average molecular weight is 530 g/mol. The van der Waals surface area contributed by atoms with E-state index in [1.54, 1.807) is 18.2 Å². The molecule has 2 aromatic rings. The van der Waals surface area contributed by atoms with Crippen LogP contribution < -0.4 is 15.4 Å². The summed E-state index contributed by atoms with van der Waals surface area (Å²) in [7, 11) is 0. The molecule has 3 rings (SSSR count). The molecule has 1 fully saturated rings. The minimum Gasteiger partial charge on any atom is -0.486 e. The van der Waals surface area contributed by atoms with Gasteiger partial charge in [-0.15, -0.1) is 0 Å². The van der Waals surface area contributed by atoms with Gasteiger partial charge in [0, 0.05) is 17.2 Å². The van der Waals surface area contributed by atoms with Gasteiger partial charge in [-0.05, 0) is 69.3 Å². The molecule has 1 saturated carbocycles. The normalized spacial score (nSPS) is 13.5. The first-order valence-corrected chi connectivity index (χ1v) is 10.6. The molecular weight excluding hydrogens is 511 g/mol. The van der Waals surface area contributed by atoms with Crippen LogP contribution in [0.25, 0.3) is 0 Å². The van der Waals surface area contributed by atoms with Crippen molar-refractivity contribution < 1.29 is 23.8 Å². The van der Waals surface area contributed by atoms with Crippen molar-refractivity contribution in [1.29, 1.82) is 0 Å². The fourth-order valence-electron chi connectivity index (χ4n) is 2.81. The Morgan fingerprint density at radius 3 is 2.48 bits per heavy atom. The fourth-order valence-corrected chi connectivity index (χ4v) is 4.23. The second-order valence-electron chi connectivity index (χ2n) is 6.68. The third-order valence-electron chi connectivity index (χ3n) is 4.58. The highest BCUT2D eigenvalue weighted by atomic mass is 79.9. The summed E-state index contributed by atoms with van der Waals surface area (Å²) in [5.41, 5.74) is 1.14. The summed E-state index contributed by atoms with van der Waals surface area (Å²) >= 11 is 6.69. The van der Waals surface area contributed by atoms with Crippen LogP contribution in [0.1, 0.15) is 35.2 Å². The number of hydrogen-bond donors (Lipinski definition) is 3. The molecule has 0 unspecified atom stereocenters. The Labute approximate surface area is 184 Å². The van der Waals surface area contributed by atoms with Gasteiger partial charge in [0.15, 0.2) is 5.82 Å². The van der Waals surface area contributed by atoms with Crippen molar-refractivity contribution in [3.63, 3.8) is 0 Å². The van der Waals surface area contributed by atoms with Crippen molar-refractivity contribution in [3.8, 4) is 5.75 Å². The van der Waals surface area contributed by atoms with Crippen LogP contribution in [0.15, 0.2) is 39.3 Å². The largest absolute Gasteiger partial charge is 0.486 e. The number of ether oxygens (including phenoxy) is 1. The van der Waals surface area contributed by atoms with Gasteiger partial charge in [0.25, 0.3) is 5.91 Å². The van der Waals surface area contributed by atoms with Gasteiger partial charge in [0.05, 0.1) is 14.6 Å². The van der Waals surface area contributed by atoms with E-state index in [-0.39, 0.29) is 18.0 Å². The van der Waals surface area contributed by atoms with Gasteiger partial charge in [-0.25, -0.2) is 4.39 Å². The van der Waals surface area contributed by atoms with Crippen molar-refractivity contribution in [2.45, 2.75) is 31.9 Å². The average Bonchev–Trinajstić information content (AvgIpc) is 2.63. The molecule has 9 heteroatoms. The predicted octanol–water partition coefficient (Wildman–Crippen LogP) is 4.71. The summed E-state index contributed by atoms with van der Waals surface area (Å²) in [5, 5.41) is 14.2. The first kappa shape index (κ1) is 21.6. The number of hydrogen-bond acceptors (Lipinski definition) is 4. The van der Waals surface area contributed by atoms with Gasteiger partial charge in [0.2, 0.25) is 0 Å². The van der Waals surface area contributed by atoms with E-state index in [4.69, 9.17) is 9.84 Å². The lowest BCUT2D eigenvalue weighted by atomic mass is 9.93. The topological polar surface area (TPSA) is 87.7 Å². The minimum absolute atomic E-state index is 0.00772. The number of aliphatic carboxylic acids is 1. The van der Waals surface area contributed by atoms with Crippen molar-refractivity contribution >= 4 is 49.4 Å². The molecule has 1 amide bonds. The SMILES string of the molecule is O=C(O)CNC(=O)c1cc(Br)c(OCc2cccc(NC3CCC3)c2F)c(Br)c1. The molecule has 154 valence electrons. The summed E-state index contributed by atoms with van der Waals surface area (Å²) in [6.45, 7) is -0.468. The third kappa shape index (κ3) is 5.48. The molecule has 3 N–H and O–H groups in total. The Hall–Kier alpha value is -2.13. The smallest absolute Gasteiger partial charge is 0.322 e. The maximum Gasteiger partial charge on any atom is 0.322 e. The lowest BCUT2D eigenvalue weighted by molar-refractivity contribution is -0.135. The van der Waals surface area contributed by atoms with Crippen molar-refractivity contribution in [3.05, 3.63) is 56.2 Å². The molecule has 1 aliphatic carbocycles. The van der Waals surface area contributed by atoms with Crippen LogP contribution in [0.2, 0.25) is 0 Å². The van der Waals surface area contributed by atoms with Gasteiger partial charge in [0.1, 0.15) is 18.9 Å². The Bertz CT molecular complexity index is 912. The fraction of sp³-hybridized carbons (Fsp3) is 0.300. The highest BCUT2D eigenvalue weighted by molar-refractivity contribution is 9.11. The van der Waals surface area contributed by atoms with Gasteiger partial charge in [-0.1, -0.05) is 12.1 Å². The van der Waals surface area contributed by atoms with E-state index >= 15 is 0 Å². The number of carbonyl (C=O) groups is 2. The number of benzene rings is 2. The van der Waals surface area contributed by atoms with E-state index in [2.05, 4.69) is 42.5 Å². The molecule has 0 radical (unpaired) electrons. The Morgan fingerprint density at radius 2 is 1.90 bits per heavy atom. The van der Waals surface area contributed by atoms with E-state index < -0.39 is 18.4 Å². The predicted molar refractivity (Wildman–Crippen MR) is 114 cm³/mol.